The Balaban J connectivity index is 2.35. The minimum atomic E-state index is -0.190. The first-order chi connectivity index (χ1) is 7.24. The first kappa shape index (κ1) is 10.4. The number of nitrogens with one attached hydrogen (secondary N) is 1. The molecule has 0 radical (unpaired) electrons. The zero-order valence-corrected chi connectivity index (χ0v) is 8.77. The van der Waals surface area contributed by atoms with E-state index >= 15 is 0 Å². The third kappa shape index (κ3) is 1.82. The van der Waals surface area contributed by atoms with Gasteiger partial charge in [0, 0.05) is 6.61 Å². The van der Waals surface area contributed by atoms with Crippen molar-refractivity contribution in [2.75, 3.05) is 13.2 Å². The van der Waals surface area contributed by atoms with Gasteiger partial charge in [-0.05, 0) is 12.8 Å². The molecule has 0 saturated carbocycles. The van der Waals surface area contributed by atoms with Crippen molar-refractivity contribution in [3.63, 3.8) is 0 Å². The van der Waals surface area contributed by atoms with Crippen LogP contribution < -0.4 is 11.4 Å². The highest BCUT2D eigenvalue weighted by Crippen LogP contribution is 2.20. The molecule has 3 N–H and O–H groups in total. The molecule has 1 aliphatic rings. The summed E-state index contributed by atoms with van der Waals surface area (Å²) in [5.74, 6) is 0.637. The largest absolute Gasteiger partial charge is 0.379 e. The summed E-state index contributed by atoms with van der Waals surface area (Å²) in [5.41, 5.74) is 5.70. The summed E-state index contributed by atoms with van der Waals surface area (Å²) in [6.45, 7) is 3.24. The van der Waals surface area contributed by atoms with Gasteiger partial charge < -0.3 is 10.5 Å². The van der Waals surface area contributed by atoms with E-state index in [-0.39, 0.29) is 17.8 Å². The zero-order chi connectivity index (χ0) is 10.8. The lowest BCUT2D eigenvalue weighted by molar-refractivity contribution is 0.185. The number of hydrogen-bond donors (Lipinski definition) is 2. The second-order valence-corrected chi connectivity index (χ2v) is 3.79. The molecule has 1 aromatic rings. The van der Waals surface area contributed by atoms with Gasteiger partial charge in [0.2, 0.25) is 0 Å². The fourth-order valence-electron chi connectivity index (χ4n) is 1.84. The van der Waals surface area contributed by atoms with E-state index in [1.54, 1.807) is 4.57 Å². The summed E-state index contributed by atoms with van der Waals surface area (Å²) in [5, 5.41) is 6.43. The smallest absolute Gasteiger partial charge is 0.343 e. The third-order valence-corrected chi connectivity index (χ3v) is 2.77. The Bertz CT molecular complexity index is 378. The number of rotatable bonds is 3. The van der Waals surface area contributed by atoms with E-state index < -0.39 is 0 Å². The molecule has 2 heterocycles. The maximum Gasteiger partial charge on any atom is 0.343 e. The van der Waals surface area contributed by atoms with E-state index in [4.69, 9.17) is 10.5 Å². The van der Waals surface area contributed by atoms with Gasteiger partial charge >= 0.3 is 5.69 Å². The number of ether oxygens (including phenoxy) is 1. The second-order valence-electron chi connectivity index (χ2n) is 3.79. The van der Waals surface area contributed by atoms with Crippen molar-refractivity contribution < 1.29 is 4.74 Å². The fraction of sp³-hybridized carbons (Fsp3) is 0.778. The number of nitrogens with two attached hydrogens (primary N) is 1. The molecule has 0 aliphatic carbocycles. The van der Waals surface area contributed by atoms with Gasteiger partial charge in [0.25, 0.3) is 0 Å². The number of aromatic nitrogens is 3. The van der Waals surface area contributed by atoms with Gasteiger partial charge in [-0.15, -0.1) is 0 Å². The molecule has 2 atom stereocenters. The molecule has 0 amide bonds. The van der Waals surface area contributed by atoms with Crippen LogP contribution in [0.1, 0.15) is 37.7 Å². The summed E-state index contributed by atoms with van der Waals surface area (Å²) in [7, 11) is 0. The molecular weight excluding hydrogens is 196 g/mol. The van der Waals surface area contributed by atoms with Crippen LogP contribution in [-0.2, 0) is 4.74 Å². The minimum Gasteiger partial charge on any atom is -0.379 e. The summed E-state index contributed by atoms with van der Waals surface area (Å²) in [4.78, 5) is 11.6. The van der Waals surface area contributed by atoms with Crippen LogP contribution in [0.5, 0.6) is 0 Å². The second kappa shape index (κ2) is 4.16. The number of hydrogen-bond acceptors (Lipinski definition) is 4. The molecule has 6 nitrogen and oxygen atoms in total. The van der Waals surface area contributed by atoms with E-state index in [1.807, 2.05) is 6.92 Å². The molecule has 1 fully saturated rings. The molecule has 0 bridgehead atoms. The average Bonchev–Trinajstić information content (AvgIpc) is 2.85. The Morgan fingerprint density at radius 2 is 2.60 bits per heavy atom. The van der Waals surface area contributed by atoms with Gasteiger partial charge in [0.1, 0.15) is 0 Å². The van der Waals surface area contributed by atoms with E-state index in [2.05, 4.69) is 10.2 Å². The molecule has 1 aromatic heterocycles. The molecule has 1 saturated heterocycles. The third-order valence-electron chi connectivity index (χ3n) is 2.77. The van der Waals surface area contributed by atoms with Crippen LogP contribution in [0.2, 0.25) is 0 Å². The first-order valence-electron chi connectivity index (χ1n) is 5.24. The highest BCUT2D eigenvalue weighted by Gasteiger charge is 2.24. The summed E-state index contributed by atoms with van der Waals surface area (Å²) in [6.07, 6.45) is 1.61. The normalized spacial score (nSPS) is 23.2. The first-order valence-corrected chi connectivity index (χ1v) is 5.24. The highest BCUT2D eigenvalue weighted by atomic mass is 16.5. The van der Waals surface area contributed by atoms with Crippen molar-refractivity contribution in [3.05, 3.63) is 16.3 Å². The maximum absolute atomic E-state index is 11.6. The predicted molar refractivity (Wildman–Crippen MR) is 54.5 cm³/mol. The van der Waals surface area contributed by atoms with Crippen molar-refractivity contribution in [2.24, 2.45) is 5.73 Å². The summed E-state index contributed by atoms with van der Waals surface area (Å²) >= 11 is 0. The molecule has 1 aliphatic heterocycles. The predicted octanol–water partition coefficient (Wildman–Crippen LogP) is -0.0574. The van der Waals surface area contributed by atoms with Crippen LogP contribution in [0, 0.1) is 0 Å². The monoisotopic (exact) mass is 212 g/mol. The average molecular weight is 212 g/mol. The van der Waals surface area contributed by atoms with Crippen molar-refractivity contribution in [1.29, 1.82) is 0 Å². The van der Waals surface area contributed by atoms with Crippen LogP contribution >= 0.6 is 0 Å². The van der Waals surface area contributed by atoms with E-state index in [9.17, 15) is 4.79 Å². The lowest BCUT2D eigenvalue weighted by atomic mass is 10.2. The molecular formula is C9H16N4O2. The van der Waals surface area contributed by atoms with Gasteiger partial charge in [-0.3, -0.25) is 4.57 Å². The van der Waals surface area contributed by atoms with Gasteiger partial charge in [0.15, 0.2) is 5.82 Å². The Labute approximate surface area is 87.4 Å². The van der Waals surface area contributed by atoms with E-state index in [1.165, 1.54) is 0 Å². The number of H-pyrrole nitrogens is 1. The fourth-order valence-corrected chi connectivity index (χ4v) is 1.84. The number of nitrogens with zero attached hydrogens (tertiary/aromatic N) is 2. The molecule has 6 heteroatoms. The topological polar surface area (TPSA) is 85.9 Å². The summed E-state index contributed by atoms with van der Waals surface area (Å²) < 4.78 is 6.90. The molecule has 15 heavy (non-hydrogen) atoms. The van der Waals surface area contributed by atoms with Crippen molar-refractivity contribution >= 4 is 0 Å². The van der Waals surface area contributed by atoms with Gasteiger partial charge in [0.05, 0.1) is 18.7 Å². The SMILES string of the molecule is CCC(N)c1n[nH]c(=O)n1C1CCOC1. The van der Waals surface area contributed by atoms with Crippen molar-refractivity contribution in [1.82, 2.24) is 14.8 Å². The Kier molecular flexibility index (Phi) is 2.88. The minimum absolute atomic E-state index is 0.0869. The van der Waals surface area contributed by atoms with E-state index in [0.717, 1.165) is 12.8 Å². The number of aromatic amines is 1. The standard InChI is InChI=1S/C9H16N4O2/c1-2-7(10)8-11-12-9(14)13(8)6-3-4-15-5-6/h6-7H,2-5,10H2,1H3,(H,12,14). The Morgan fingerprint density at radius 1 is 1.80 bits per heavy atom. The molecule has 0 aromatic carbocycles. The van der Waals surface area contributed by atoms with Crippen LogP contribution in [-0.4, -0.2) is 28.0 Å². The van der Waals surface area contributed by atoms with Gasteiger partial charge in [-0.25, -0.2) is 9.89 Å². The van der Waals surface area contributed by atoms with Gasteiger partial charge in [-0.2, -0.15) is 5.10 Å². The lowest BCUT2D eigenvalue weighted by Gasteiger charge is -2.14. The zero-order valence-electron chi connectivity index (χ0n) is 8.77. The molecule has 84 valence electrons. The van der Waals surface area contributed by atoms with Crippen LogP contribution in [0.15, 0.2) is 4.79 Å². The maximum atomic E-state index is 11.6. The molecule has 2 rings (SSSR count). The molecule has 2 unspecified atom stereocenters. The lowest BCUT2D eigenvalue weighted by Crippen LogP contribution is -2.27. The molecule has 0 spiro atoms. The van der Waals surface area contributed by atoms with Crippen molar-refractivity contribution in [2.45, 2.75) is 31.8 Å². The van der Waals surface area contributed by atoms with Crippen LogP contribution in [0.25, 0.3) is 0 Å². The highest BCUT2D eigenvalue weighted by molar-refractivity contribution is 4.97. The Hall–Kier alpha value is -1.14. The van der Waals surface area contributed by atoms with Gasteiger partial charge in [-0.1, -0.05) is 6.92 Å². The van der Waals surface area contributed by atoms with Crippen LogP contribution in [0.4, 0.5) is 0 Å². The van der Waals surface area contributed by atoms with E-state index in [0.29, 0.717) is 19.0 Å². The van der Waals surface area contributed by atoms with Crippen molar-refractivity contribution in [3.8, 4) is 0 Å². The van der Waals surface area contributed by atoms with Crippen LogP contribution in [0.3, 0.4) is 0 Å². The summed E-state index contributed by atoms with van der Waals surface area (Å²) in [6, 6.07) is -0.103. The Morgan fingerprint density at radius 3 is 3.20 bits per heavy atom. The quantitative estimate of drug-likeness (QED) is 0.735.